The second-order valence-electron chi connectivity index (χ2n) is 6.94. The molecule has 0 aliphatic carbocycles. The third-order valence-electron chi connectivity index (χ3n) is 5.00. The van der Waals surface area contributed by atoms with Crippen LogP contribution in [0, 0.1) is 5.82 Å². The minimum atomic E-state index is -0.639. The first kappa shape index (κ1) is 23.3. The van der Waals surface area contributed by atoms with Gasteiger partial charge in [-0.15, -0.1) is 0 Å². The van der Waals surface area contributed by atoms with Crippen molar-refractivity contribution in [2.45, 2.75) is 0 Å². The number of rotatable bonds is 6. The van der Waals surface area contributed by atoms with Crippen LogP contribution in [0.25, 0.3) is 0 Å². The van der Waals surface area contributed by atoms with Gasteiger partial charge in [-0.3, -0.25) is 9.59 Å². The van der Waals surface area contributed by atoms with Crippen LogP contribution in [0.15, 0.2) is 36.4 Å². The van der Waals surface area contributed by atoms with Gasteiger partial charge in [0.2, 0.25) is 0 Å². The predicted octanol–water partition coefficient (Wildman–Crippen LogP) is 2.64. The number of hydrogen-bond donors (Lipinski definition) is 0. The second kappa shape index (κ2) is 10.3. The van der Waals surface area contributed by atoms with Gasteiger partial charge >= 0.3 is 5.97 Å². The molecule has 1 saturated heterocycles. The van der Waals surface area contributed by atoms with E-state index in [0.717, 1.165) is 6.07 Å². The van der Waals surface area contributed by atoms with Gasteiger partial charge in [0.05, 0.1) is 19.8 Å². The lowest BCUT2D eigenvalue weighted by atomic mass is 10.1. The van der Waals surface area contributed by atoms with E-state index in [-0.39, 0.29) is 49.3 Å². The highest BCUT2D eigenvalue weighted by molar-refractivity contribution is 6.31. The Bertz CT molecular complexity index is 1020. The molecule has 32 heavy (non-hydrogen) atoms. The van der Waals surface area contributed by atoms with E-state index in [1.165, 1.54) is 43.4 Å². The minimum absolute atomic E-state index is 0.0930. The monoisotopic (exact) mass is 464 g/mol. The molecule has 2 aromatic carbocycles. The summed E-state index contributed by atoms with van der Waals surface area (Å²) in [5.74, 6) is -1.30. The first-order valence-electron chi connectivity index (χ1n) is 9.75. The summed E-state index contributed by atoms with van der Waals surface area (Å²) in [6.45, 7) is 0.802. The van der Waals surface area contributed by atoms with E-state index in [1.807, 2.05) is 0 Å². The van der Waals surface area contributed by atoms with Crippen molar-refractivity contribution in [3.8, 4) is 11.5 Å². The van der Waals surface area contributed by atoms with Crippen molar-refractivity contribution in [2.24, 2.45) is 0 Å². The molecule has 3 rings (SSSR count). The van der Waals surface area contributed by atoms with E-state index < -0.39 is 17.7 Å². The number of amides is 2. The highest BCUT2D eigenvalue weighted by Gasteiger charge is 2.27. The number of hydrogen-bond acceptors (Lipinski definition) is 6. The molecule has 0 aromatic heterocycles. The molecule has 0 atom stereocenters. The molecule has 1 aliphatic heterocycles. The summed E-state index contributed by atoms with van der Waals surface area (Å²) < 4.78 is 29.2. The SMILES string of the molecule is COC(=O)COc1ccc(C(=O)N2CCN(C(=O)c3cc(Cl)ccc3F)CC2)cc1OC. The van der Waals surface area contributed by atoms with Crippen molar-refractivity contribution in [3.63, 3.8) is 0 Å². The maximum Gasteiger partial charge on any atom is 0.343 e. The molecule has 2 amide bonds. The zero-order valence-corrected chi connectivity index (χ0v) is 18.4. The Hall–Kier alpha value is -3.33. The minimum Gasteiger partial charge on any atom is -0.493 e. The van der Waals surface area contributed by atoms with Crippen LogP contribution in [0.3, 0.4) is 0 Å². The Labute approximate surface area is 189 Å². The number of carbonyl (C=O) groups excluding carboxylic acids is 3. The van der Waals surface area contributed by atoms with Crippen LogP contribution < -0.4 is 9.47 Å². The molecule has 1 heterocycles. The molecule has 10 heteroatoms. The molecule has 0 spiro atoms. The van der Waals surface area contributed by atoms with Crippen LogP contribution in [0.5, 0.6) is 11.5 Å². The zero-order chi connectivity index (χ0) is 23.3. The van der Waals surface area contributed by atoms with E-state index in [1.54, 1.807) is 11.0 Å². The summed E-state index contributed by atoms with van der Waals surface area (Å²) in [5.41, 5.74) is 0.275. The molecule has 0 radical (unpaired) electrons. The summed E-state index contributed by atoms with van der Waals surface area (Å²) in [7, 11) is 2.68. The predicted molar refractivity (Wildman–Crippen MR) is 114 cm³/mol. The zero-order valence-electron chi connectivity index (χ0n) is 17.6. The lowest BCUT2D eigenvalue weighted by Crippen LogP contribution is -2.50. The van der Waals surface area contributed by atoms with Crippen LogP contribution in [0.2, 0.25) is 5.02 Å². The number of nitrogens with zero attached hydrogens (tertiary/aromatic N) is 2. The first-order chi connectivity index (χ1) is 15.3. The fourth-order valence-electron chi connectivity index (χ4n) is 3.24. The van der Waals surface area contributed by atoms with Crippen LogP contribution in [-0.2, 0) is 9.53 Å². The highest BCUT2D eigenvalue weighted by atomic mass is 35.5. The standard InChI is InChI=1S/C22H22ClFN2O6/c1-30-19-11-14(3-6-18(19)32-13-20(27)31-2)21(28)25-7-9-26(10-8-25)22(29)16-12-15(23)4-5-17(16)24/h3-6,11-12H,7-10,13H2,1-2H3. The van der Waals surface area contributed by atoms with Gasteiger partial charge in [-0.25, -0.2) is 9.18 Å². The number of methoxy groups -OCH3 is 2. The number of carbonyl (C=O) groups is 3. The van der Waals surface area contributed by atoms with E-state index in [2.05, 4.69) is 4.74 Å². The number of benzene rings is 2. The lowest BCUT2D eigenvalue weighted by molar-refractivity contribution is -0.142. The van der Waals surface area contributed by atoms with E-state index in [4.69, 9.17) is 21.1 Å². The van der Waals surface area contributed by atoms with Crippen LogP contribution >= 0.6 is 11.6 Å². The fraction of sp³-hybridized carbons (Fsp3) is 0.318. The third kappa shape index (κ3) is 5.28. The third-order valence-corrected chi connectivity index (χ3v) is 5.23. The maximum atomic E-state index is 14.0. The van der Waals surface area contributed by atoms with Crippen molar-refractivity contribution in [3.05, 3.63) is 58.4 Å². The number of esters is 1. The highest BCUT2D eigenvalue weighted by Crippen LogP contribution is 2.29. The maximum absolute atomic E-state index is 14.0. The normalized spacial score (nSPS) is 13.5. The van der Waals surface area contributed by atoms with Gasteiger partial charge in [0.1, 0.15) is 5.82 Å². The Kier molecular flexibility index (Phi) is 7.53. The molecule has 0 N–H and O–H groups in total. The van der Waals surface area contributed by atoms with Crippen molar-refractivity contribution in [1.82, 2.24) is 9.80 Å². The molecular formula is C22H22ClFN2O6. The van der Waals surface area contributed by atoms with Crippen molar-refractivity contribution < 1.29 is 33.0 Å². The molecule has 0 saturated carbocycles. The summed E-state index contributed by atoms with van der Waals surface area (Å²) in [4.78, 5) is 39.9. The van der Waals surface area contributed by atoms with E-state index in [0.29, 0.717) is 17.1 Å². The molecule has 8 nitrogen and oxygen atoms in total. The molecular weight excluding hydrogens is 443 g/mol. The average molecular weight is 465 g/mol. The molecule has 1 fully saturated rings. The molecule has 2 aromatic rings. The van der Waals surface area contributed by atoms with E-state index in [9.17, 15) is 18.8 Å². The lowest BCUT2D eigenvalue weighted by Gasteiger charge is -2.35. The van der Waals surface area contributed by atoms with Gasteiger partial charge < -0.3 is 24.0 Å². The topological polar surface area (TPSA) is 85.4 Å². The van der Waals surface area contributed by atoms with Crippen molar-refractivity contribution in [1.29, 1.82) is 0 Å². The molecule has 0 bridgehead atoms. The quantitative estimate of drug-likeness (QED) is 0.611. The second-order valence-corrected chi connectivity index (χ2v) is 7.38. The summed E-state index contributed by atoms with van der Waals surface area (Å²) in [6.07, 6.45) is 0. The number of ether oxygens (including phenoxy) is 3. The van der Waals surface area contributed by atoms with Gasteiger partial charge in [-0.05, 0) is 36.4 Å². The smallest absolute Gasteiger partial charge is 0.343 e. The van der Waals surface area contributed by atoms with Gasteiger partial charge in [-0.1, -0.05) is 11.6 Å². The first-order valence-corrected chi connectivity index (χ1v) is 10.1. The summed E-state index contributed by atoms with van der Waals surface area (Å²) in [6, 6.07) is 8.46. The number of halogens is 2. The van der Waals surface area contributed by atoms with E-state index >= 15 is 0 Å². The Balaban J connectivity index is 1.64. The van der Waals surface area contributed by atoms with Gasteiger partial charge in [0.15, 0.2) is 18.1 Å². The average Bonchev–Trinajstić information content (AvgIpc) is 2.83. The Morgan fingerprint density at radius 2 is 1.59 bits per heavy atom. The Morgan fingerprint density at radius 1 is 0.938 bits per heavy atom. The fourth-order valence-corrected chi connectivity index (χ4v) is 3.41. The van der Waals surface area contributed by atoms with Crippen molar-refractivity contribution >= 4 is 29.4 Å². The van der Waals surface area contributed by atoms with Crippen LogP contribution in [-0.4, -0.2) is 74.6 Å². The van der Waals surface area contributed by atoms with Crippen LogP contribution in [0.4, 0.5) is 4.39 Å². The van der Waals surface area contributed by atoms with Crippen molar-refractivity contribution in [2.75, 3.05) is 47.0 Å². The Morgan fingerprint density at radius 3 is 2.22 bits per heavy atom. The largest absolute Gasteiger partial charge is 0.493 e. The number of piperazine rings is 1. The van der Waals surface area contributed by atoms with Crippen LogP contribution in [0.1, 0.15) is 20.7 Å². The molecule has 1 aliphatic rings. The molecule has 170 valence electrons. The van der Waals surface area contributed by atoms with Gasteiger partial charge in [-0.2, -0.15) is 0 Å². The van der Waals surface area contributed by atoms with Gasteiger partial charge in [0.25, 0.3) is 11.8 Å². The molecule has 0 unspecified atom stereocenters. The summed E-state index contributed by atoms with van der Waals surface area (Å²) >= 11 is 5.88. The van der Waals surface area contributed by atoms with Gasteiger partial charge in [0, 0.05) is 36.8 Å². The summed E-state index contributed by atoms with van der Waals surface area (Å²) in [5, 5.41) is 0.275.